The molecule has 1 atom stereocenters. The van der Waals surface area contributed by atoms with Gasteiger partial charge in [0, 0.05) is 20.2 Å². The van der Waals surface area contributed by atoms with E-state index in [0.717, 1.165) is 24.3 Å². The third kappa shape index (κ3) is 9.94. The lowest BCUT2D eigenvalue weighted by atomic mass is 10.1. The van der Waals surface area contributed by atoms with Crippen LogP contribution in [0.15, 0.2) is 54.6 Å². The largest absolute Gasteiger partial charge is 0.491 e. The highest BCUT2D eigenvalue weighted by Gasteiger charge is 2.05. The first-order valence-electron chi connectivity index (χ1n) is 9.71. The lowest BCUT2D eigenvalue weighted by Crippen LogP contribution is -2.32. The maximum atomic E-state index is 11.6. The van der Waals surface area contributed by atoms with Gasteiger partial charge in [0.1, 0.15) is 24.2 Å². The van der Waals surface area contributed by atoms with E-state index >= 15 is 0 Å². The van der Waals surface area contributed by atoms with Crippen LogP contribution in [0.5, 0.6) is 11.5 Å². The van der Waals surface area contributed by atoms with Crippen molar-refractivity contribution in [2.45, 2.75) is 12.5 Å². The Bertz CT molecular complexity index is 694. The maximum Gasteiger partial charge on any atom is 0.258 e. The zero-order valence-electron chi connectivity index (χ0n) is 16.8. The molecule has 0 aliphatic carbocycles. The number of rotatable bonds is 14. The van der Waals surface area contributed by atoms with Gasteiger partial charge in [-0.05, 0) is 42.8 Å². The van der Waals surface area contributed by atoms with Crippen LogP contribution >= 0.6 is 0 Å². The monoisotopic (exact) mass is 402 g/mol. The number of methoxy groups -OCH3 is 1. The van der Waals surface area contributed by atoms with Crippen LogP contribution in [0.1, 0.15) is 5.56 Å². The first-order valence-corrected chi connectivity index (χ1v) is 9.71. The van der Waals surface area contributed by atoms with Gasteiger partial charge in [0.25, 0.3) is 5.91 Å². The van der Waals surface area contributed by atoms with Crippen LogP contribution in [-0.2, 0) is 16.0 Å². The Morgan fingerprint density at radius 2 is 1.72 bits per heavy atom. The molecule has 0 radical (unpaired) electrons. The van der Waals surface area contributed by atoms with Crippen molar-refractivity contribution in [1.29, 1.82) is 0 Å². The molecule has 0 aliphatic rings. The van der Waals surface area contributed by atoms with Gasteiger partial charge in [-0.25, -0.2) is 0 Å². The van der Waals surface area contributed by atoms with E-state index < -0.39 is 6.10 Å². The van der Waals surface area contributed by atoms with Crippen molar-refractivity contribution in [3.05, 3.63) is 60.2 Å². The third-order valence-electron chi connectivity index (χ3n) is 4.08. The number of aliphatic hydroxyl groups is 1. The van der Waals surface area contributed by atoms with E-state index in [1.165, 1.54) is 0 Å². The Labute approximate surface area is 172 Å². The second-order valence-electron chi connectivity index (χ2n) is 6.51. The third-order valence-corrected chi connectivity index (χ3v) is 4.08. The molecule has 0 aromatic heterocycles. The standard InChI is InChI=1S/C22H30N2O5/c1-27-14-13-24-22(26)17-29-21-9-7-18(8-10-21)11-12-23-15-19(25)16-28-20-5-3-2-4-6-20/h2-10,19,23,25H,11-17H2,1H3,(H,24,26). The molecule has 2 aromatic carbocycles. The highest BCUT2D eigenvalue weighted by atomic mass is 16.5. The Kier molecular flexibility index (Phi) is 10.6. The van der Waals surface area contributed by atoms with Crippen molar-refractivity contribution in [3.8, 4) is 11.5 Å². The van der Waals surface area contributed by atoms with Crippen LogP contribution in [0.3, 0.4) is 0 Å². The van der Waals surface area contributed by atoms with Crippen molar-refractivity contribution in [3.63, 3.8) is 0 Å². The topological polar surface area (TPSA) is 89.1 Å². The van der Waals surface area contributed by atoms with Crippen molar-refractivity contribution < 1.29 is 24.1 Å². The van der Waals surface area contributed by atoms with Gasteiger partial charge in [0.15, 0.2) is 6.61 Å². The fourth-order valence-corrected chi connectivity index (χ4v) is 2.51. The normalized spacial score (nSPS) is 11.7. The smallest absolute Gasteiger partial charge is 0.258 e. The van der Waals surface area contributed by atoms with Gasteiger partial charge < -0.3 is 30.0 Å². The summed E-state index contributed by atoms with van der Waals surface area (Å²) >= 11 is 0. The molecule has 0 spiro atoms. The van der Waals surface area contributed by atoms with Gasteiger partial charge in [-0.2, -0.15) is 0 Å². The van der Waals surface area contributed by atoms with E-state index in [1.807, 2.05) is 54.6 Å². The van der Waals surface area contributed by atoms with Crippen LogP contribution < -0.4 is 20.1 Å². The van der Waals surface area contributed by atoms with E-state index in [0.29, 0.717) is 25.4 Å². The molecule has 7 nitrogen and oxygen atoms in total. The summed E-state index contributed by atoms with van der Waals surface area (Å²) in [7, 11) is 1.59. The number of amides is 1. The first kappa shape index (κ1) is 22.7. The number of hydrogen-bond acceptors (Lipinski definition) is 6. The predicted octanol–water partition coefficient (Wildman–Crippen LogP) is 1.40. The summed E-state index contributed by atoms with van der Waals surface area (Å²) in [6.45, 7) is 2.38. The van der Waals surface area contributed by atoms with Gasteiger partial charge in [-0.1, -0.05) is 30.3 Å². The number of nitrogens with one attached hydrogen (secondary N) is 2. The Balaban J connectivity index is 1.56. The second kappa shape index (κ2) is 13.5. The van der Waals surface area contributed by atoms with Gasteiger partial charge in [-0.3, -0.25) is 4.79 Å². The number of hydrogen-bond donors (Lipinski definition) is 3. The summed E-state index contributed by atoms with van der Waals surface area (Å²) < 4.78 is 15.9. The highest BCUT2D eigenvalue weighted by molar-refractivity contribution is 5.77. The number of ether oxygens (including phenoxy) is 3. The summed E-state index contributed by atoms with van der Waals surface area (Å²) in [4.78, 5) is 11.6. The van der Waals surface area contributed by atoms with Gasteiger partial charge in [0.05, 0.1) is 6.61 Å². The summed E-state index contributed by atoms with van der Waals surface area (Å²) in [6, 6.07) is 17.1. The molecular formula is C22H30N2O5. The van der Waals surface area contributed by atoms with Crippen molar-refractivity contribution in [1.82, 2.24) is 10.6 Å². The fraction of sp³-hybridized carbons (Fsp3) is 0.409. The van der Waals surface area contributed by atoms with E-state index in [-0.39, 0.29) is 19.1 Å². The number of para-hydroxylation sites is 1. The molecule has 0 saturated carbocycles. The summed E-state index contributed by atoms with van der Waals surface area (Å²) in [5.74, 6) is 1.23. The van der Waals surface area contributed by atoms with Gasteiger partial charge in [-0.15, -0.1) is 0 Å². The maximum absolute atomic E-state index is 11.6. The number of carbonyl (C=O) groups is 1. The molecule has 1 unspecified atom stereocenters. The minimum absolute atomic E-state index is 0.0203. The SMILES string of the molecule is COCCNC(=O)COc1ccc(CCNCC(O)COc2ccccc2)cc1. The summed E-state index contributed by atoms with van der Waals surface area (Å²) in [5.41, 5.74) is 1.14. The number of benzene rings is 2. The molecule has 7 heteroatoms. The Hall–Kier alpha value is -2.61. The predicted molar refractivity (Wildman–Crippen MR) is 111 cm³/mol. The number of aliphatic hydroxyl groups excluding tert-OH is 1. The fourth-order valence-electron chi connectivity index (χ4n) is 2.51. The molecular weight excluding hydrogens is 372 g/mol. The molecule has 0 fully saturated rings. The molecule has 2 aromatic rings. The van der Waals surface area contributed by atoms with Crippen molar-refractivity contribution >= 4 is 5.91 Å². The average Bonchev–Trinajstić information content (AvgIpc) is 2.75. The van der Waals surface area contributed by atoms with Crippen LogP contribution in [0.4, 0.5) is 0 Å². The van der Waals surface area contributed by atoms with Crippen LogP contribution in [0, 0.1) is 0 Å². The van der Waals surface area contributed by atoms with E-state index in [1.54, 1.807) is 7.11 Å². The van der Waals surface area contributed by atoms with E-state index in [4.69, 9.17) is 14.2 Å². The van der Waals surface area contributed by atoms with Crippen LogP contribution in [0.25, 0.3) is 0 Å². The zero-order chi connectivity index (χ0) is 20.7. The Morgan fingerprint density at radius 3 is 2.45 bits per heavy atom. The summed E-state index contributed by atoms with van der Waals surface area (Å²) in [5, 5.41) is 15.9. The molecule has 0 aliphatic heterocycles. The van der Waals surface area contributed by atoms with Gasteiger partial charge >= 0.3 is 0 Å². The lowest BCUT2D eigenvalue weighted by molar-refractivity contribution is -0.123. The van der Waals surface area contributed by atoms with Gasteiger partial charge in [0.2, 0.25) is 0 Å². The van der Waals surface area contributed by atoms with E-state index in [9.17, 15) is 9.90 Å². The zero-order valence-corrected chi connectivity index (χ0v) is 16.8. The second-order valence-corrected chi connectivity index (χ2v) is 6.51. The highest BCUT2D eigenvalue weighted by Crippen LogP contribution is 2.12. The molecule has 0 saturated heterocycles. The molecule has 1 amide bonds. The molecule has 0 heterocycles. The van der Waals surface area contributed by atoms with Crippen LogP contribution in [0.2, 0.25) is 0 Å². The quantitative estimate of drug-likeness (QED) is 0.414. The molecule has 3 N–H and O–H groups in total. The molecule has 2 rings (SSSR count). The van der Waals surface area contributed by atoms with Crippen molar-refractivity contribution in [2.75, 3.05) is 46.6 Å². The number of carbonyl (C=O) groups excluding carboxylic acids is 1. The minimum atomic E-state index is -0.569. The molecule has 158 valence electrons. The molecule has 29 heavy (non-hydrogen) atoms. The Morgan fingerprint density at radius 1 is 1.00 bits per heavy atom. The average molecular weight is 402 g/mol. The van der Waals surface area contributed by atoms with E-state index in [2.05, 4.69) is 10.6 Å². The first-order chi connectivity index (χ1) is 14.2. The summed E-state index contributed by atoms with van der Waals surface area (Å²) in [6.07, 6.45) is 0.255. The minimum Gasteiger partial charge on any atom is -0.491 e. The van der Waals surface area contributed by atoms with Crippen LogP contribution in [-0.4, -0.2) is 63.7 Å². The van der Waals surface area contributed by atoms with Crippen molar-refractivity contribution in [2.24, 2.45) is 0 Å². The molecule has 0 bridgehead atoms. The lowest BCUT2D eigenvalue weighted by Gasteiger charge is -2.13.